The van der Waals surface area contributed by atoms with Crippen LogP contribution in [0.5, 0.6) is 0 Å². The lowest BCUT2D eigenvalue weighted by atomic mass is 9.99. The summed E-state index contributed by atoms with van der Waals surface area (Å²) < 4.78 is 11.1. The van der Waals surface area contributed by atoms with Crippen molar-refractivity contribution >= 4 is 5.91 Å². The molecule has 0 aromatic carbocycles. The molecule has 0 bridgehead atoms. The van der Waals surface area contributed by atoms with Crippen molar-refractivity contribution in [2.45, 2.75) is 211 Å². The van der Waals surface area contributed by atoms with Crippen molar-refractivity contribution in [3.63, 3.8) is 0 Å². The normalized spacial score (nSPS) is 22.6. The molecule has 9 heteroatoms. The number of ether oxygens (including phenoxy) is 2. The van der Waals surface area contributed by atoms with Crippen LogP contribution in [0.15, 0.2) is 24.3 Å². The van der Waals surface area contributed by atoms with E-state index >= 15 is 0 Å². The third-order valence-corrected chi connectivity index (χ3v) is 9.52. The van der Waals surface area contributed by atoms with Crippen LogP contribution in [0, 0.1) is 0 Å². The molecule has 1 fully saturated rings. The maximum Gasteiger partial charge on any atom is 0.220 e. The fourth-order valence-corrected chi connectivity index (χ4v) is 6.21. The molecule has 7 unspecified atom stereocenters. The summed E-state index contributed by atoms with van der Waals surface area (Å²) in [7, 11) is 0. The lowest BCUT2D eigenvalue weighted by Crippen LogP contribution is -2.60. The Hall–Kier alpha value is -1.33. The molecule has 1 aliphatic heterocycles. The van der Waals surface area contributed by atoms with E-state index in [2.05, 4.69) is 31.3 Å². The van der Waals surface area contributed by atoms with Crippen molar-refractivity contribution in [3.8, 4) is 0 Å². The molecule has 1 aliphatic rings. The van der Waals surface area contributed by atoms with Crippen LogP contribution in [0.4, 0.5) is 0 Å². The number of nitrogens with one attached hydrogen (secondary N) is 1. The molecule has 0 saturated carbocycles. The summed E-state index contributed by atoms with van der Waals surface area (Å²) in [6.45, 7) is 3.64. The van der Waals surface area contributed by atoms with Crippen LogP contribution in [0.25, 0.3) is 0 Å². The van der Waals surface area contributed by atoms with E-state index in [4.69, 9.17) is 9.47 Å². The number of amides is 1. The SMILES string of the molecule is CCCCC/C=C/C(O)C(COC1OC(CO)C(O)C(O)C1O)NC(=O)CCCCCCCCCCC/C=C\CCCCCCCCCC. The molecule has 1 saturated heterocycles. The third kappa shape index (κ3) is 23.0. The lowest BCUT2D eigenvalue weighted by Gasteiger charge is -2.40. The highest BCUT2D eigenvalue weighted by atomic mass is 16.7. The fourth-order valence-electron chi connectivity index (χ4n) is 6.21. The predicted molar refractivity (Wildman–Crippen MR) is 198 cm³/mol. The molecule has 0 radical (unpaired) electrons. The van der Waals surface area contributed by atoms with Crippen molar-refractivity contribution < 1.29 is 39.8 Å². The lowest BCUT2D eigenvalue weighted by molar-refractivity contribution is -0.302. The first-order valence-corrected chi connectivity index (χ1v) is 20.1. The van der Waals surface area contributed by atoms with E-state index < -0.39 is 49.5 Å². The molecule has 0 aromatic heterocycles. The fraction of sp³-hybridized carbons (Fsp3) is 0.875. The van der Waals surface area contributed by atoms with Crippen LogP contribution in [0.1, 0.15) is 168 Å². The Kier molecular flexibility index (Phi) is 29.3. The van der Waals surface area contributed by atoms with E-state index in [1.807, 2.05) is 6.08 Å². The second-order valence-electron chi connectivity index (χ2n) is 14.1. The monoisotopic (exact) mass is 698 g/mol. The number of carbonyl (C=O) groups excluding carboxylic acids is 1. The zero-order valence-electron chi connectivity index (χ0n) is 31.2. The van der Waals surface area contributed by atoms with Crippen LogP contribution in [-0.4, -0.2) is 87.5 Å². The van der Waals surface area contributed by atoms with Gasteiger partial charge in [-0.1, -0.05) is 141 Å². The number of aliphatic hydroxyl groups excluding tert-OH is 5. The molecule has 6 N–H and O–H groups in total. The van der Waals surface area contributed by atoms with Crippen molar-refractivity contribution in [2.24, 2.45) is 0 Å². The number of carbonyl (C=O) groups is 1. The first kappa shape index (κ1) is 45.7. The molecule has 0 aromatic rings. The first-order valence-electron chi connectivity index (χ1n) is 20.1. The van der Waals surface area contributed by atoms with Gasteiger partial charge in [0, 0.05) is 6.42 Å². The summed E-state index contributed by atoms with van der Waals surface area (Å²) in [5, 5.41) is 53.5. The first-order chi connectivity index (χ1) is 23.8. The van der Waals surface area contributed by atoms with Gasteiger partial charge in [-0.2, -0.15) is 0 Å². The topological polar surface area (TPSA) is 149 Å². The standard InChI is InChI=1S/C40H75NO8/c1-3-5-7-9-10-11-12-13-14-15-16-17-18-19-20-21-22-23-24-26-28-30-36(44)41-33(34(43)29-27-25-8-6-4-2)32-48-40-39(47)38(46)37(45)35(31-42)49-40/h15-16,27,29,33-35,37-40,42-43,45-47H,3-14,17-26,28,30-32H2,1-2H3,(H,41,44)/b16-15-,29-27+. The van der Waals surface area contributed by atoms with Gasteiger partial charge in [0.15, 0.2) is 6.29 Å². The maximum absolute atomic E-state index is 12.8. The average molecular weight is 698 g/mol. The number of allylic oxidation sites excluding steroid dienone is 3. The Balaban J connectivity index is 2.22. The second-order valence-corrected chi connectivity index (χ2v) is 14.1. The molecule has 49 heavy (non-hydrogen) atoms. The second kappa shape index (κ2) is 31.4. The Morgan fingerprint density at radius 2 is 1.14 bits per heavy atom. The number of hydrogen-bond donors (Lipinski definition) is 6. The number of unbranched alkanes of at least 4 members (excludes halogenated alkanes) is 20. The summed E-state index contributed by atoms with van der Waals surface area (Å²) in [5.41, 5.74) is 0. The van der Waals surface area contributed by atoms with Gasteiger partial charge >= 0.3 is 0 Å². The van der Waals surface area contributed by atoms with Crippen LogP contribution < -0.4 is 5.32 Å². The van der Waals surface area contributed by atoms with Gasteiger partial charge in [-0.3, -0.25) is 4.79 Å². The summed E-state index contributed by atoms with van der Waals surface area (Å²) in [6.07, 6.45) is 28.4. The quantitative estimate of drug-likeness (QED) is 0.0320. The summed E-state index contributed by atoms with van der Waals surface area (Å²) in [6, 6.07) is -0.798. The van der Waals surface area contributed by atoms with Gasteiger partial charge in [0.05, 0.1) is 25.4 Å². The largest absolute Gasteiger partial charge is 0.394 e. The smallest absolute Gasteiger partial charge is 0.220 e. The average Bonchev–Trinajstić information content (AvgIpc) is 3.10. The Morgan fingerprint density at radius 3 is 1.69 bits per heavy atom. The third-order valence-electron chi connectivity index (χ3n) is 9.52. The maximum atomic E-state index is 12.8. The van der Waals surface area contributed by atoms with Crippen molar-refractivity contribution in [1.29, 1.82) is 0 Å². The highest BCUT2D eigenvalue weighted by molar-refractivity contribution is 5.76. The highest BCUT2D eigenvalue weighted by Crippen LogP contribution is 2.22. The molecular weight excluding hydrogens is 622 g/mol. The van der Waals surface area contributed by atoms with E-state index in [1.165, 1.54) is 103 Å². The van der Waals surface area contributed by atoms with Gasteiger partial charge in [-0.15, -0.1) is 0 Å². The molecule has 1 amide bonds. The summed E-state index contributed by atoms with van der Waals surface area (Å²) in [5.74, 6) is -0.187. The predicted octanol–water partition coefficient (Wildman–Crippen LogP) is 7.16. The van der Waals surface area contributed by atoms with Crippen molar-refractivity contribution in [1.82, 2.24) is 5.32 Å². The van der Waals surface area contributed by atoms with Gasteiger partial charge < -0.3 is 40.3 Å². The Labute approximate surface area is 298 Å². The van der Waals surface area contributed by atoms with Gasteiger partial charge in [0.1, 0.15) is 24.4 Å². The minimum absolute atomic E-state index is 0.187. The molecular formula is C40H75NO8. The Morgan fingerprint density at radius 1 is 0.673 bits per heavy atom. The zero-order chi connectivity index (χ0) is 36.0. The molecule has 7 atom stereocenters. The number of aliphatic hydroxyl groups is 5. The van der Waals surface area contributed by atoms with Gasteiger partial charge in [-0.25, -0.2) is 0 Å². The van der Waals surface area contributed by atoms with E-state index in [0.29, 0.717) is 6.42 Å². The zero-order valence-corrected chi connectivity index (χ0v) is 31.2. The van der Waals surface area contributed by atoms with E-state index in [1.54, 1.807) is 6.08 Å². The van der Waals surface area contributed by atoms with Crippen LogP contribution >= 0.6 is 0 Å². The van der Waals surface area contributed by atoms with Gasteiger partial charge in [0.25, 0.3) is 0 Å². The number of rotatable bonds is 32. The molecule has 0 aliphatic carbocycles. The van der Waals surface area contributed by atoms with E-state index in [0.717, 1.165) is 44.9 Å². The minimum atomic E-state index is -1.56. The van der Waals surface area contributed by atoms with Crippen molar-refractivity contribution in [3.05, 3.63) is 24.3 Å². The van der Waals surface area contributed by atoms with Crippen LogP contribution in [-0.2, 0) is 14.3 Å². The summed E-state index contributed by atoms with van der Waals surface area (Å²) in [4.78, 5) is 12.8. The van der Waals surface area contributed by atoms with Gasteiger partial charge in [-0.05, 0) is 44.9 Å². The molecule has 1 heterocycles. The molecule has 1 rings (SSSR count). The molecule has 288 valence electrons. The Bertz CT molecular complexity index is 822. The van der Waals surface area contributed by atoms with Gasteiger partial charge in [0.2, 0.25) is 5.91 Å². The van der Waals surface area contributed by atoms with E-state index in [-0.39, 0.29) is 12.5 Å². The molecule has 0 spiro atoms. The van der Waals surface area contributed by atoms with E-state index in [9.17, 15) is 30.3 Å². The van der Waals surface area contributed by atoms with Crippen LogP contribution in [0.2, 0.25) is 0 Å². The minimum Gasteiger partial charge on any atom is -0.394 e. The van der Waals surface area contributed by atoms with Crippen LogP contribution in [0.3, 0.4) is 0 Å². The highest BCUT2D eigenvalue weighted by Gasteiger charge is 2.44. The summed E-state index contributed by atoms with van der Waals surface area (Å²) >= 11 is 0. The number of hydrogen-bond acceptors (Lipinski definition) is 8. The van der Waals surface area contributed by atoms with Crippen molar-refractivity contribution in [2.75, 3.05) is 13.2 Å². The molecule has 9 nitrogen and oxygen atoms in total.